The van der Waals surface area contributed by atoms with Crippen molar-refractivity contribution in [3.8, 4) is 62.1 Å². The summed E-state index contributed by atoms with van der Waals surface area (Å²) in [4.78, 5) is 19.7. The minimum absolute atomic E-state index is 0.598. The van der Waals surface area contributed by atoms with Gasteiger partial charge in [0.1, 0.15) is 0 Å². The lowest BCUT2D eigenvalue weighted by atomic mass is 10.0. The van der Waals surface area contributed by atoms with E-state index in [4.69, 9.17) is 15.0 Å². The van der Waals surface area contributed by atoms with E-state index in [0.717, 1.165) is 44.5 Å². The quantitative estimate of drug-likeness (QED) is 0.181. The van der Waals surface area contributed by atoms with Gasteiger partial charge in [-0.3, -0.25) is 4.98 Å². The Hall–Kier alpha value is -6.72. The van der Waals surface area contributed by atoms with E-state index in [0.29, 0.717) is 17.5 Å². The summed E-state index contributed by atoms with van der Waals surface area (Å²) in [6, 6.07) is 54.9. The molecule has 236 valence electrons. The standard InChI is InChI=1S/C45H31N5/c1-30-18-20-31(21-19-30)34-22-24-41-38(27-34)37-16-8-9-17-40(37)50(41)42-25-23-35(36-15-10-26-46-29-36)28-39(42)45-48-43(32-11-4-2-5-12-32)47-44(49-45)33-13-6-3-7-14-33/h2-29H,1H3. The van der Waals surface area contributed by atoms with E-state index in [9.17, 15) is 0 Å². The number of fused-ring (bicyclic) bond motifs is 3. The van der Waals surface area contributed by atoms with Gasteiger partial charge in [-0.05, 0) is 60.0 Å². The molecule has 0 aliphatic rings. The highest BCUT2D eigenvalue weighted by Crippen LogP contribution is 2.39. The summed E-state index contributed by atoms with van der Waals surface area (Å²) in [5, 5.41) is 2.37. The average molecular weight is 642 g/mol. The number of aryl methyl sites for hydroxylation is 1. The first-order valence-electron chi connectivity index (χ1n) is 16.7. The predicted octanol–water partition coefficient (Wildman–Crippen LogP) is 11.0. The molecule has 5 heteroatoms. The van der Waals surface area contributed by atoms with Crippen LogP contribution in [-0.4, -0.2) is 24.5 Å². The maximum atomic E-state index is 5.17. The Bertz CT molecular complexity index is 2570. The number of hydrogen-bond donors (Lipinski definition) is 0. The molecule has 0 N–H and O–H groups in total. The molecule has 0 aliphatic carbocycles. The van der Waals surface area contributed by atoms with Crippen molar-refractivity contribution in [2.24, 2.45) is 0 Å². The van der Waals surface area contributed by atoms with Gasteiger partial charge in [-0.15, -0.1) is 0 Å². The van der Waals surface area contributed by atoms with Crippen LogP contribution in [0.25, 0.3) is 83.9 Å². The van der Waals surface area contributed by atoms with Gasteiger partial charge in [-0.1, -0.05) is 127 Å². The van der Waals surface area contributed by atoms with E-state index in [2.05, 4.69) is 107 Å². The largest absolute Gasteiger partial charge is 0.309 e. The summed E-state index contributed by atoms with van der Waals surface area (Å²) in [5.74, 6) is 1.84. The summed E-state index contributed by atoms with van der Waals surface area (Å²) in [6.45, 7) is 2.12. The van der Waals surface area contributed by atoms with Crippen molar-refractivity contribution in [3.05, 3.63) is 176 Å². The Morgan fingerprint density at radius 2 is 1.00 bits per heavy atom. The van der Waals surface area contributed by atoms with Gasteiger partial charge >= 0.3 is 0 Å². The zero-order chi connectivity index (χ0) is 33.4. The Morgan fingerprint density at radius 3 is 1.70 bits per heavy atom. The molecule has 3 heterocycles. The molecule has 0 fully saturated rings. The highest BCUT2D eigenvalue weighted by atomic mass is 15.1. The summed E-state index contributed by atoms with van der Waals surface area (Å²) in [6.07, 6.45) is 3.69. The Morgan fingerprint density at radius 1 is 0.420 bits per heavy atom. The SMILES string of the molecule is Cc1ccc(-c2ccc3c(c2)c2ccccc2n3-c2ccc(-c3cccnc3)cc2-c2nc(-c3ccccc3)nc(-c3ccccc3)n2)cc1. The smallest absolute Gasteiger partial charge is 0.166 e. The lowest BCUT2D eigenvalue weighted by molar-refractivity contribution is 1.06. The first-order chi connectivity index (χ1) is 24.7. The third-order valence-corrected chi connectivity index (χ3v) is 9.23. The molecule has 0 bridgehead atoms. The molecule has 0 atom stereocenters. The number of rotatable bonds is 6. The molecular weight excluding hydrogens is 611 g/mol. The van der Waals surface area contributed by atoms with Gasteiger partial charge in [-0.25, -0.2) is 15.0 Å². The summed E-state index contributed by atoms with van der Waals surface area (Å²) < 4.78 is 2.35. The first-order valence-corrected chi connectivity index (χ1v) is 16.7. The maximum Gasteiger partial charge on any atom is 0.166 e. The average Bonchev–Trinajstić information content (AvgIpc) is 3.52. The van der Waals surface area contributed by atoms with Crippen LogP contribution in [-0.2, 0) is 0 Å². The third kappa shape index (κ3) is 5.31. The fourth-order valence-corrected chi connectivity index (χ4v) is 6.71. The van der Waals surface area contributed by atoms with Crippen LogP contribution in [0.15, 0.2) is 170 Å². The molecule has 0 amide bonds. The molecule has 9 aromatic rings. The Labute approximate surface area is 290 Å². The van der Waals surface area contributed by atoms with Crippen molar-refractivity contribution >= 4 is 21.8 Å². The minimum Gasteiger partial charge on any atom is -0.309 e. The molecule has 0 spiro atoms. The normalized spacial score (nSPS) is 11.3. The van der Waals surface area contributed by atoms with Crippen molar-refractivity contribution in [2.75, 3.05) is 0 Å². The van der Waals surface area contributed by atoms with E-state index in [-0.39, 0.29) is 0 Å². The fraction of sp³-hybridized carbons (Fsp3) is 0.0222. The van der Waals surface area contributed by atoms with Crippen LogP contribution >= 0.6 is 0 Å². The lowest BCUT2D eigenvalue weighted by Gasteiger charge is -2.16. The van der Waals surface area contributed by atoms with Gasteiger partial charge in [0.25, 0.3) is 0 Å². The van der Waals surface area contributed by atoms with Crippen LogP contribution in [0.3, 0.4) is 0 Å². The molecule has 0 radical (unpaired) electrons. The van der Waals surface area contributed by atoms with Gasteiger partial charge in [-0.2, -0.15) is 0 Å². The van der Waals surface area contributed by atoms with Crippen LogP contribution in [0.1, 0.15) is 5.56 Å². The third-order valence-electron chi connectivity index (χ3n) is 9.23. The lowest BCUT2D eigenvalue weighted by Crippen LogP contribution is -2.04. The highest BCUT2D eigenvalue weighted by Gasteiger charge is 2.20. The van der Waals surface area contributed by atoms with Crippen LogP contribution in [0, 0.1) is 6.92 Å². The van der Waals surface area contributed by atoms with E-state index >= 15 is 0 Å². The zero-order valence-corrected chi connectivity index (χ0v) is 27.4. The van der Waals surface area contributed by atoms with Crippen LogP contribution < -0.4 is 0 Å². The zero-order valence-electron chi connectivity index (χ0n) is 27.4. The molecule has 0 unspecified atom stereocenters. The Balaban J connectivity index is 1.33. The van der Waals surface area contributed by atoms with Gasteiger partial charge in [0.05, 0.1) is 16.7 Å². The van der Waals surface area contributed by atoms with Crippen molar-refractivity contribution < 1.29 is 0 Å². The Kier molecular flexibility index (Phi) is 7.29. The molecule has 9 rings (SSSR count). The van der Waals surface area contributed by atoms with E-state index < -0.39 is 0 Å². The fourth-order valence-electron chi connectivity index (χ4n) is 6.71. The van der Waals surface area contributed by atoms with Gasteiger partial charge in [0.2, 0.25) is 0 Å². The number of nitrogens with zero attached hydrogens (tertiary/aromatic N) is 5. The minimum atomic E-state index is 0.598. The molecule has 0 aliphatic heterocycles. The van der Waals surface area contributed by atoms with Crippen LogP contribution in [0.4, 0.5) is 0 Å². The number of pyridine rings is 1. The van der Waals surface area contributed by atoms with Gasteiger partial charge in [0, 0.05) is 45.4 Å². The molecule has 6 aromatic carbocycles. The first kappa shape index (κ1) is 29.4. The van der Waals surface area contributed by atoms with Gasteiger partial charge < -0.3 is 4.57 Å². The van der Waals surface area contributed by atoms with Crippen LogP contribution in [0.5, 0.6) is 0 Å². The predicted molar refractivity (Wildman–Crippen MR) is 204 cm³/mol. The summed E-state index contributed by atoms with van der Waals surface area (Å²) in [5.41, 5.74) is 11.6. The van der Waals surface area contributed by atoms with E-state index in [1.165, 1.54) is 27.5 Å². The molecule has 50 heavy (non-hydrogen) atoms. The van der Waals surface area contributed by atoms with Crippen LogP contribution in [0.2, 0.25) is 0 Å². The summed E-state index contributed by atoms with van der Waals surface area (Å²) in [7, 11) is 0. The number of para-hydroxylation sites is 1. The van der Waals surface area contributed by atoms with E-state index in [1.54, 1.807) is 6.20 Å². The monoisotopic (exact) mass is 641 g/mol. The molecule has 5 nitrogen and oxygen atoms in total. The molecule has 3 aromatic heterocycles. The highest BCUT2D eigenvalue weighted by molar-refractivity contribution is 6.11. The van der Waals surface area contributed by atoms with Crippen molar-refractivity contribution in [2.45, 2.75) is 6.92 Å². The molecular formula is C45H31N5. The van der Waals surface area contributed by atoms with Crippen molar-refractivity contribution in [1.29, 1.82) is 0 Å². The second kappa shape index (κ2) is 12.4. The molecule has 0 saturated heterocycles. The van der Waals surface area contributed by atoms with Gasteiger partial charge in [0.15, 0.2) is 17.5 Å². The number of aromatic nitrogens is 5. The number of hydrogen-bond acceptors (Lipinski definition) is 4. The second-order valence-electron chi connectivity index (χ2n) is 12.5. The summed E-state index contributed by atoms with van der Waals surface area (Å²) >= 11 is 0. The van der Waals surface area contributed by atoms with Crippen molar-refractivity contribution in [3.63, 3.8) is 0 Å². The van der Waals surface area contributed by atoms with Crippen molar-refractivity contribution in [1.82, 2.24) is 24.5 Å². The topological polar surface area (TPSA) is 56.5 Å². The maximum absolute atomic E-state index is 5.17. The molecule has 0 saturated carbocycles. The second-order valence-corrected chi connectivity index (χ2v) is 12.5. The number of benzene rings is 6. The van der Waals surface area contributed by atoms with E-state index in [1.807, 2.05) is 72.9 Å².